The summed E-state index contributed by atoms with van der Waals surface area (Å²) in [4.78, 5) is 40.4. The molecule has 192 valence electrons. The molecule has 2 aliphatic rings. The molecule has 3 atom stereocenters. The number of primary amides is 1. The second kappa shape index (κ2) is 9.82. The molecule has 2 fully saturated rings. The van der Waals surface area contributed by atoms with Crippen molar-refractivity contribution in [3.05, 3.63) is 77.7 Å². The predicted octanol–water partition coefficient (Wildman–Crippen LogP) is 1.86. The Kier molecular flexibility index (Phi) is 6.55. The van der Waals surface area contributed by atoms with Crippen LogP contribution in [-0.4, -0.2) is 57.6 Å². The maximum absolute atomic E-state index is 13.5. The van der Waals surface area contributed by atoms with Gasteiger partial charge in [-0.25, -0.2) is 0 Å². The number of benzene rings is 2. The summed E-state index contributed by atoms with van der Waals surface area (Å²) in [6, 6.07) is 17.5. The Hall–Kier alpha value is -3.98. The average Bonchev–Trinajstić information content (AvgIpc) is 3.44. The van der Waals surface area contributed by atoms with E-state index >= 15 is 0 Å². The summed E-state index contributed by atoms with van der Waals surface area (Å²) < 4.78 is 5.37. The molecule has 1 aliphatic carbocycles. The zero-order valence-electron chi connectivity index (χ0n) is 20.6. The molecule has 2 aromatic carbocycles. The van der Waals surface area contributed by atoms with E-state index in [1.807, 2.05) is 54.6 Å². The molecule has 1 saturated carbocycles. The van der Waals surface area contributed by atoms with Gasteiger partial charge in [-0.1, -0.05) is 59.8 Å². The molecule has 9 heteroatoms. The number of aryl methyl sites for hydroxylation is 1. The second-order valence-corrected chi connectivity index (χ2v) is 10.0. The molecule has 9 nitrogen and oxygen atoms in total. The summed E-state index contributed by atoms with van der Waals surface area (Å²) in [6.45, 7) is 1.82. The van der Waals surface area contributed by atoms with Crippen LogP contribution in [0.25, 0.3) is 11.1 Å². The summed E-state index contributed by atoms with van der Waals surface area (Å²) in [5.74, 6) is -0.983. The third kappa shape index (κ3) is 4.99. The van der Waals surface area contributed by atoms with Gasteiger partial charge in [-0.15, -0.1) is 0 Å². The van der Waals surface area contributed by atoms with Crippen molar-refractivity contribution in [3.63, 3.8) is 0 Å². The number of β-amino-alcohol motifs (C(OH)–C–C–N with tert-alkyl or cyclic N) is 1. The third-order valence-corrected chi connectivity index (χ3v) is 7.26. The molecule has 1 aromatic heterocycles. The second-order valence-electron chi connectivity index (χ2n) is 10.0. The lowest BCUT2D eigenvalue weighted by Crippen LogP contribution is -2.54. The molecule has 4 N–H and O–H groups in total. The zero-order valence-corrected chi connectivity index (χ0v) is 20.6. The summed E-state index contributed by atoms with van der Waals surface area (Å²) in [7, 11) is 0. The molecule has 1 saturated heterocycles. The fourth-order valence-corrected chi connectivity index (χ4v) is 5.03. The fourth-order valence-electron chi connectivity index (χ4n) is 5.03. The van der Waals surface area contributed by atoms with Crippen LogP contribution in [0.1, 0.15) is 36.3 Å². The molecule has 3 aromatic rings. The van der Waals surface area contributed by atoms with Gasteiger partial charge >= 0.3 is 0 Å². The van der Waals surface area contributed by atoms with E-state index in [1.54, 1.807) is 13.0 Å². The van der Waals surface area contributed by atoms with Gasteiger partial charge in [0.2, 0.25) is 17.7 Å². The quantitative estimate of drug-likeness (QED) is 0.430. The van der Waals surface area contributed by atoms with Gasteiger partial charge in [0, 0.05) is 25.5 Å². The van der Waals surface area contributed by atoms with Crippen molar-refractivity contribution >= 4 is 17.7 Å². The first kappa shape index (κ1) is 24.7. The molecule has 0 bridgehead atoms. The van der Waals surface area contributed by atoms with E-state index in [0.29, 0.717) is 24.3 Å². The molecule has 2 heterocycles. The number of carbonyl (C=O) groups excluding carboxylic acids is 3. The molecule has 0 unspecified atom stereocenters. The number of amides is 3. The van der Waals surface area contributed by atoms with Gasteiger partial charge < -0.3 is 25.6 Å². The van der Waals surface area contributed by atoms with Crippen LogP contribution in [0.5, 0.6) is 0 Å². The molecule has 1 aliphatic heterocycles. The van der Waals surface area contributed by atoms with E-state index < -0.39 is 35.4 Å². The van der Waals surface area contributed by atoms with E-state index in [0.717, 1.165) is 16.7 Å². The Morgan fingerprint density at radius 1 is 1.14 bits per heavy atom. The van der Waals surface area contributed by atoms with Crippen molar-refractivity contribution in [1.29, 1.82) is 0 Å². The minimum absolute atomic E-state index is 0.0357. The van der Waals surface area contributed by atoms with E-state index in [1.165, 1.54) is 4.90 Å². The highest BCUT2D eigenvalue weighted by atomic mass is 16.5. The Morgan fingerprint density at radius 2 is 1.81 bits per heavy atom. The maximum Gasteiger partial charge on any atom is 0.243 e. The highest BCUT2D eigenvalue weighted by molar-refractivity contribution is 5.96. The number of hydrogen-bond donors (Lipinski definition) is 3. The van der Waals surface area contributed by atoms with Crippen LogP contribution >= 0.6 is 0 Å². The van der Waals surface area contributed by atoms with Crippen LogP contribution in [0.3, 0.4) is 0 Å². The van der Waals surface area contributed by atoms with E-state index in [9.17, 15) is 19.5 Å². The van der Waals surface area contributed by atoms with Gasteiger partial charge in [-0.2, -0.15) is 0 Å². The van der Waals surface area contributed by atoms with Crippen molar-refractivity contribution in [2.24, 2.45) is 5.73 Å². The van der Waals surface area contributed by atoms with Gasteiger partial charge in [0.25, 0.3) is 0 Å². The van der Waals surface area contributed by atoms with Gasteiger partial charge in [-0.05, 0) is 36.5 Å². The minimum Gasteiger partial charge on any atom is -0.391 e. The van der Waals surface area contributed by atoms with E-state index in [-0.39, 0.29) is 25.3 Å². The van der Waals surface area contributed by atoms with Crippen LogP contribution in [0.4, 0.5) is 0 Å². The number of nitrogens with zero attached hydrogens (tertiary/aromatic N) is 2. The predicted molar refractivity (Wildman–Crippen MR) is 135 cm³/mol. The third-order valence-electron chi connectivity index (χ3n) is 7.26. The molecular formula is C28H30N4O5. The first-order valence-corrected chi connectivity index (χ1v) is 12.4. The highest BCUT2D eigenvalue weighted by Crippen LogP contribution is 2.50. The topological polar surface area (TPSA) is 139 Å². The molecule has 37 heavy (non-hydrogen) atoms. The lowest BCUT2D eigenvalue weighted by atomic mass is 9.99. The molecule has 0 spiro atoms. The SMILES string of the molecule is Cc1cc(C2(C(=O)N3C[C@H](O)C[C@H]3C(=O)N[C@H](Cc3ccc(-c4ccccc4)cc3)C(N)=O)CC2)on1. The number of rotatable bonds is 8. The Morgan fingerprint density at radius 3 is 2.41 bits per heavy atom. The number of aromatic nitrogens is 1. The summed E-state index contributed by atoms with van der Waals surface area (Å²) in [6.07, 6.45) is 0.625. The monoisotopic (exact) mass is 502 g/mol. The average molecular weight is 503 g/mol. The van der Waals surface area contributed by atoms with Crippen LogP contribution < -0.4 is 11.1 Å². The number of carbonyl (C=O) groups is 3. The normalized spacial score (nSPS) is 20.9. The van der Waals surface area contributed by atoms with Crippen LogP contribution in [0, 0.1) is 6.92 Å². The lowest BCUT2D eigenvalue weighted by Gasteiger charge is -2.28. The number of likely N-dealkylation sites (tertiary alicyclic amines) is 1. The number of aliphatic hydroxyl groups excluding tert-OH is 1. The standard InChI is InChI=1S/C28H30N4O5/c1-17-13-24(37-31-17)28(11-12-28)27(36)32-16-21(33)15-23(32)26(35)30-22(25(29)34)14-18-7-9-20(10-8-18)19-5-3-2-4-6-19/h2-10,13,21-23,33H,11-12,14-16H2,1H3,(H2,29,34)(H,30,35)/t21-,22-,23+/m1/s1. The number of hydrogen-bond acceptors (Lipinski definition) is 6. The van der Waals surface area contributed by atoms with Gasteiger partial charge in [0.1, 0.15) is 17.5 Å². The number of nitrogens with two attached hydrogens (primary N) is 1. The molecular weight excluding hydrogens is 472 g/mol. The van der Waals surface area contributed by atoms with Gasteiger partial charge in [-0.3, -0.25) is 14.4 Å². The van der Waals surface area contributed by atoms with Crippen LogP contribution in [-0.2, 0) is 26.2 Å². The van der Waals surface area contributed by atoms with Crippen molar-refractivity contribution in [1.82, 2.24) is 15.4 Å². The van der Waals surface area contributed by atoms with E-state index in [2.05, 4.69) is 10.5 Å². The first-order valence-electron chi connectivity index (χ1n) is 12.4. The van der Waals surface area contributed by atoms with Crippen LogP contribution in [0.2, 0.25) is 0 Å². The van der Waals surface area contributed by atoms with Crippen molar-refractivity contribution in [3.8, 4) is 11.1 Å². The molecule has 0 radical (unpaired) electrons. The summed E-state index contributed by atoms with van der Waals surface area (Å²) in [5.41, 5.74) is 8.39. The summed E-state index contributed by atoms with van der Waals surface area (Å²) >= 11 is 0. The molecule has 5 rings (SSSR count). The first-order chi connectivity index (χ1) is 17.8. The van der Waals surface area contributed by atoms with Gasteiger partial charge in [0.15, 0.2) is 5.76 Å². The Bertz CT molecular complexity index is 1300. The molecule has 3 amide bonds. The number of aliphatic hydroxyl groups is 1. The Balaban J connectivity index is 1.28. The van der Waals surface area contributed by atoms with Crippen molar-refractivity contribution in [2.45, 2.75) is 56.2 Å². The smallest absolute Gasteiger partial charge is 0.243 e. The zero-order chi connectivity index (χ0) is 26.2. The van der Waals surface area contributed by atoms with Crippen molar-refractivity contribution < 1.29 is 24.0 Å². The van der Waals surface area contributed by atoms with Crippen molar-refractivity contribution in [2.75, 3.05) is 6.54 Å². The summed E-state index contributed by atoms with van der Waals surface area (Å²) in [5, 5.41) is 16.9. The highest BCUT2D eigenvalue weighted by Gasteiger charge is 2.58. The lowest BCUT2D eigenvalue weighted by molar-refractivity contribution is -0.141. The Labute approximate surface area is 214 Å². The van der Waals surface area contributed by atoms with Crippen LogP contribution in [0.15, 0.2) is 65.2 Å². The van der Waals surface area contributed by atoms with E-state index in [4.69, 9.17) is 10.3 Å². The fraction of sp³-hybridized carbons (Fsp3) is 0.357. The van der Waals surface area contributed by atoms with Gasteiger partial charge in [0.05, 0.1) is 11.8 Å². The maximum atomic E-state index is 13.5. The number of nitrogens with one attached hydrogen (secondary N) is 1. The minimum atomic E-state index is -0.962. The largest absolute Gasteiger partial charge is 0.391 e.